The molecular weight excluding hydrogens is 784 g/mol. The zero-order chi connectivity index (χ0) is 39.7. The van der Waals surface area contributed by atoms with Gasteiger partial charge in [-0.15, -0.1) is 0 Å². The van der Waals surface area contributed by atoms with Crippen LogP contribution in [0.25, 0.3) is 0 Å². The molecule has 27 nitrogen and oxygen atoms in total. The Morgan fingerprint density at radius 3 is 1.32 bits per heavy atom. The predicted molar refractivity (Wildman–Crippen MR) is 155 cm³/mol. The van der Waals surface area contributed by atoms with Crippen molar-refractivity contribution in [1.29, 1.82) is 0 Å². The molecule has 29 heteroatoms. The molecule has 4 aliphatic heterocycles. The molecule has 0 spiro atoms. The third-order valence-electron chi connectivity index (χ3n) is 8.61. The molecule has 0 aromatic rings. The van der Waals surface area contributed by atoms with Crippen LogP contribution in [0.5, 0.6) is 0 Å². The Morgan fingerprint density at radius 2 is 0.811 bits per heavy atom. The number of hydrogen-bond acceptors (Lipinski definition) is 25. The minimum atomic E-state index is -5.25. The fourth-order valence-electron chi connectivity index (χ4n) is 5.81. The molecule has 4 rings (SSSR count). The van der Waals surface area contributed by atoms with E-state index in [1.54, 1.807) is 0 Å². The smallest absolute Gasteiger partial charge is 0.394 e. The number of rotatable bonds is 14. The maximum absolute atomic E-state index is 11.4. The minimum absolute atomic E-state index is 0.891. The van der Waals surface area contributed by atoms with E-state index in [-0.39, 0.29) is 0 Å². The summed E-state index contributed by atoms with van der Waals surface area (Å²) in [5.74, 6) is 0. The molecule has 0 bridgehead atoms. The highest BCUT2D eigenvalue weighted by Crippen LogP contribution is 2.34. The van der Waals surface area contributed by atoms with Crippen LogP contribution in [0.15, 0.2) is 0 Å². The summed E-state index contributed by atoms with van der Waals surface area (Å²) in [5, 5.41) is 125. The number of aliphatic hydroxyl groups excluding tert-OH is 12. The van der Waals surface area contributed by atoms with E-state index in [1.165, 1.54) is 0 Å². The average Bonchev–Trinajstić information content (AvgIpc) is 3.08. The largest absolute Gasteiger partial charge is 0.397 e. The van der Waals surface area contributed by atoms with Gasteiger partial charge < -0.3 is 94.4 Å². The van der Waals surface area contributed by atoms with E-state index >= 15 is 0 Å². The fourth-order valence-corrected chi connectivity index (χ4v) is 6.42. The van der Waals surface area contributed by atoms with Crippen LogP contribution in [0.1, 0.15) is 0 Å². The van der Waals surface area contributed by atoms with Gasteiger partial charge in [0.05, 0.1) is 26.4 Å². The van der Waals surface area contributed by atoms with Crippen LogP contribution < -0.4 is 0 Å². The van der Waals surface area contributed by atoms with Gasteiger partial charge in [-0.25, -0.2) is 8.37 Å². The Labute approximate surface area is 298 Å². The van der Waals surface area contributed by atoms with Gasteiger partial charge in [-0.3, -0.25) is 9.11 Å². The number of ether oxygens (including phenoxy) is 7. The molecule has 0 unspecified atom stereocenters. The van der Waals surface area contributed by atoms with Gasteiger partial charge in [0, 0.05) is 0 Å². The zero-order valence-corrected chi connectivity index (χ0v) is 28.4. The van der Waals surface area contributed by atoms with Crippen LogP contribution in [-0.2, 0) is 62.3 Å². The van der Waals surface area contributed by atoms with E-state index in [9.17, 15) is 78.1 Å². The first kappa shape index (κ1) is 44.7. The van der Waals surface area contributed by atoms with Crippen molar-refractivity contribution in [2.45, 2.75) is 123 Å². The van der Waals surface area contributed by atoms with Gasteiger partial charge in [-0.2, -0.15) is 16.8 Å². The topological polar surface area (TPSA) is 435 Å². The molecule has 4 fully saturated rings. The van der Waals surface area contributed by atoms with Crippen molar-refractivity contribution >= 4 is 20.8 Å². The van der Waals surface area contributed by atoms with Gasteiger partial charge >= 0.3 is 20.8 Å². The van der Waals surface area contributed by atoms with Crippen molar-refractivity contribution in [3.8, 4) is 0 Å². The van der Waals surface area contributed by atoms with Crippen LogP contribution in [-0.4, -0.2) is 236 Å². The molecule has 0 aromatic heterocycles. The lowest BCUT2D eigenvalue weighted by Crippen LogP contribution is -2.67. The summed E-state index contributed by atoms with van der Waals surface area (Å²) in [6.07, 6.45) is -40.7. The quantitative estimate of drug-likeness (QED) is 0.0723. The lowest BCUT2D eigenvalue weighted by molar-refractivity contribution is -0.388. The van der Waals surface area contributed by atoms with E-state index in [0.717, 1.165) is 0 Å². The van der Waals surface area contributed by atoms with Crippen molar-refractivity contribution in [3.05, 3.63) is 0 Å². The van der Waals surface area contributed by atoms with Gasteiger partial charge in [-0.05, 0) is 0 Å². The monoisotopic (exact) mass is 826 g/mol. The minimum Gasteiger partial charge on any atom is -0.394 e. The van der Waals surface area contributed by atoms with E-state index in [4.69, 9.17) is 42.3 Å². The molecule has 20 atom stereocenters. The van der Waals surface area contributed by atoms with Crippen molar-refractivity contribution in [3.63, 3.8) is 0 Å². The Hall–Kier alpha value is -1.02. The standard InChI is InChI=1S/C24H42O27S2/c25-1-5-10(28)19(16(34)21(36)45-5)50-23-15(33)13(31)18(8(48-23)4-44-53(40,41)42)49-24-17(35)20(11(29)6(2-26)46-24)51-22-14(32)12(30)9(27)7(47-22)3-43-52(37,38)39/h5-36H,1-4H2,(H,37,38,39)(H,40,41,42)/t5-,6-,7+,8+,9-,10+,11+,12-,13+,14+,15+,16-,17-,18-,19+,20+,21+,22-,23+,24+/m1/s1. The highest BCUT2D eigenvalue weighted by atomic mass is 32.3. The second-order valence-electron chi connectivity index (χ2n) is 12.2. The molecule has 0 radical (unpaired) electrons. The van der Waals surface area contributed by atoms with Gasteiger partial charge in [-0.1, -0.05) is 0 Å². The lowest BCUT2D eigenvalue weighted by atomic mass is 9.95. The summed E-state index contributed by atoms with van der Waals surface area (Å²) in [5.41, 5.74) is 0. The second-order valence-corrected chi connectivity index (χ2v) is 14.4. The molecule has 0 aromatic carbocycles. The first-order valence-electron chi connectivity index (χ1n) is 15.4. The summed E-state index contributed by atoms with van der Waals surface area (Å²) >= 11 is 0. The van der Waals surface area contributed by atoms with Gasteiger partial charge in [0.1, 0.15) is 97.7 Å². The van der Waals surface area contributed by atoms with Gasteiger partial charge in [0.15, 0.2) is 25.2 Å². The van der Waals surface area contributed by atoms with Crippen molar-refractivity contribution in [2.24, 2.45) is 0 Å². The summed E-state index contributed by atoms with van der Waals surface area (Å²) in [6.45, 7) is -4.33. The summed E-state index contributed by atoms with van der Waals surface area (Å²) < 4.78 is 109. The normalized spacial score (nSPS) is 47.4. The van der Waals surface area contributed by atoms with Crippen LogP contribution >= 0.6 is 0 Å². The molecule has 14 N–H and O–H groups in total. The Balaban J connectivity index is 1.56. The van der Waals surface area contributed by atoms with Crippen molar-refractivity contribution in [1.82, 2.24) is 0 Å². The summed E-state index contributed by atoms with van der Waals surface area (Å²) in [6, 6.07) is 0. The molecule has 312 valence electrons. The van der Waals surface area contributed by atoms with Gasteiger partial charge in [0.25, 0.3) is 0 Å². The zero-order valence-electron chi connectivity index (χ0n) is 26.8. The SMILES string of the molecule is O=S(=O)(O)OC[C@@H]1O[C@H](O[C@H]2[C@@H](O)[C@@H](CO)O[C@@H](O[C@H]3[C@@H](O)[C@H](O)[C@H](O[C@@H]4[C@@H](O)[C@@H](O)O[C@H](CO)[C@@H]4O)O[C@H]3COS(=O)(=O)O)[C@@H]2O)[C@@H](O)[C@H](O)[C@@H]1O. The molecule has 4 saturated heterocycles. The molecule has 53 heavy (non-hydrogen) atoms. The highest BCUT2D eigenvalue weighted by Gasteiger charge is 2.55. The molecular formula is C24H42O27S2. The second kappa shape index (κ2) is 18.1. The van der Waals surface area contributed by atoms with Crippen LogP contribution in [0.4, 0.5) is 0 Å². The van der Waals surface area contributed by atoms with Crippen LogP contribution in [0.2, 0.25) is 0 Å². The molecule has 0 amide bonds. The Kier molecular flexibility index (Phi) is 15.2. The molecule has 0 saturated carbocycles. The van der Waals surface area contributed by atoms with Gasteiger partial charge in [0.2, 0.25) is 0 Å². The summed E-state index contributed by atoms with van der Waals surface area (Å²) in [7, 11) is -10.3. The average molecular weight is 827 g/mol. The van der Waals surface area contributed by atoms with Crippen LogP contribution in [0, 0.1) is 0 Å². The Bertz CT molecular complexity index is 1390. The predicted octanol–water partition coefficient (Wildman–Crippen LogP) is -10.1. The molecule has 0 aliphatic carbocycles. The molecule has 4 aliphatic rings. The number of hydrogen-bond donors (Lipinski definition) is 14. The third-order valence-corrected chi connectivity index (χ3v) is 9.48. The van der Waals surface area contributed by atoms with Crippen LogP contribution in [0.3, 0.4) is 0 Å². The molecule has 4 heterocycles. The first-order valence-corrected chi connectivity index (χ1v) is 18.2. The fraction of sp³-hybridized carbons (Fsp3) is 1.00. The Morgan fingerprint density at radius 1 is 0.415 bits per heavy atom. The maximum atomic E-state index is 11.4. The van der Waals surface area contributed by atoms with E-state index in [0.29, 0.717) is 0 Å². The van der Waals surface area contributed by atoms with E-state index in [1.807, 2.05) is 0 Å². The van der Waals surface area contributed by atoms with E-state index < -0.39 is 170 Å². The number of aliphatic hydroxyl groups is 12. The van der Waals surface area contributed by atoms with E-state index in [2.05, 4.69) is 8.37 Å². The third kappa shape index (κ3) is 10.7. The van der Waals surface area contributed by atoms with Crippen molar-refractivity contribution < 1.29 is 129 Å². The summed E-state index contributed by atoms with van der Waals surface area (Å²) in [4.78, 5) is 0. The van der Waals surface area contributed by atoms with Crippen molar-refractivity contribution in [2.75, 3.05) is 26.4 Å². The first-order chi connectivity index (χ1) is 24.6. The maximum Gasteiger partial charge on any atom is 0.397 e. The lowest BCUT2D eigenvalue weighted by Gasteiger charge is -2.49. The highest BCUT2D eigenvalue weighted by molar-refractivity contribution is 7.81.